The van der Waals surface area contributed by atoms with Crippen LogP contribution in [0.3, 0.4) is 0 Å². The van der Waals surface area contributed by atoms with Crippen LogP contribution < -0.4 is 5.32 Å². The Labute approximate surface area is 104 Å². The van der Waals surface area contributed by atoms with Gasteiger partial charge < -0.3 is 15.3 Å². The Kier molecular flexibility index (Phi) is 4.69. The number of carboxylic acid groups (broad SMARTS) is 1. The first-order valence-corrected chi connectivity index (χ1v) is 5.27. The molecule has 0 atom stereocenters. The Bertz CT molecular complexity index is 494. The minimum absolute atomic E-state index is 0.107. The van der Waals surface area contributed by atoms with Gasteiger partial charge in [0.05, 0.1) is 17.7 Å². The molecule has 0 unspecified atom stereocenters. The van der Waals surface area contributed by atoms with E-state index in [1.165, 1.54) is 11.9 Å². The van der Waals surface area contributed by atoms with Crippen molar-refractivity contribution in [3.8, 4) is 6.07 Å². The number of carbonyl (C=O) groups excluding carboxylic acids is 1. The summed E-state index contributed by atoms with van der Waals surface area (Å²) in [4.78, 5) is 23.3. The number of anilines is 1. The molecule has 0 saturated heterocycles. The van der Waals surface area contributed by atoms with Crippen LogP contribution in [-0.4, -0.2) is 35.6 Å². The average Bonchev–Trinajstić information content (AvgIpc) is 2.36. The van der Waals surface area contributed by atoms with Gasteiger partial charge in [0, 0.05) is 13.6 Å². The van der Waals surface area contributed by atoms with Crippen LogP contribution in [0.25, 0.3) is 0 Å². The molecule has 94 valence electrons. The number of hydrogen-bond donors (Lipinski definition) is 2. The molecule has 1 rings (SSSR count). The van der Waals surface area contributed by atoms with Crippen LogP contribution in [-0.2, 0) is 4.79 Å². The number of hydrogen-bond acceptors (Lipinski definition) is 3. The van der Waals surface area contributed by atoms with Crippen LogP contribution in [0.2, 0.25) is 0 Å². The van der Waals surface area contributed by atoms with Gasteiger partial charge in [-0.2, -0.15) is 5.26 Å². The van der Waals surface area contributed by atoms with Gasteiger partial charge in [0.25, 0.3) is 0 Å². The zero-order chi connectivity index (χ0) is 13.5. The largest absolute Gasteiger partial charge is 0.481 e. The van der Waals surface area contributed by atoms with Gasteiger partial charge in [-0.15, -0.1) is 0 Å². The normalized spacial score (nSPS) is 9.33. The zero-order valence-electron chi connectivity index (χ0n) is 9.88. The lowest BCUT2D eigenvalue weighted by molar-refractivity contribution is -0.137. The number of rotatable bonds is 4. The Hall–Kier alpha value is -2.55. The van der Waals surface area contributed by atoms with Crippen molar-refractivity contribution in [3.63, 3.8) is 0 Å². The van der Waals surface area contributed by atoms with Crippen molar-refractivity contribution in [3.05, 3.63) is 29.8 Å². The van der Waals surface area contributed by atoms with E-state index in [9.17, 15) is 9.59 Å². The summed E-state index contributed by atoms with van der Waals surface area (Å²) >= 11 is 0. The quantitative estimate of drug-likeness (QED) is 0.843. The third-order valence-electron chi connectivity index (χ3n) is 2.30. The molecule has 0 saturated carbocycles. The maximum Gasteiger partial charge on any atom is 0.321 e. The number of nitriles is 1. The van der Waals surface area contributed by atoms with Gasteiger partial charge in [-0.1, -0.05) is 12.1 Å². The molecular weight excluding hydrogens is 234 g/mol. The maximum atomic E-state index is 11.7. The topological polar surface area (TPSA) is 93.4 Å². The van der Waals surface area contributed by atoms with E-state index in [1.807, 2.05) is 6.07 Å². The summed E-state index contributed by atoms with van der Waals surface area (Å²) in [6.45, 7) is 0.107. The summed E-state index contributed by atoms with van der Waals surface area (Å²) in [6.07, 6.45) is -0.121. The molecular formula is C12H13N3O3. The molecule has 0 fully saturated rings. The summed E-state index contributed by atoms with van der Waals surface area (Å²) < 4.78 is 0. The van der Waals surface area contributed by atoms with Crippen molar-refractivity contribution >= 4 is 17.7 Å². The lowest BCUT2D eigenvalue weighted by Crippen LogP contribution is -2.33. The molecule has 0 heterocycles. The summed E-state index contributed by atoms with van der Waals surface area (Å²) in [6, 6.07) is 8.12. The van der Waals surface area contributed by atoms with E-state index >= 15 is 0 Å². The molecule has 6 nitrogen and oxygen atoms in total. The number of aliphatic carboxylic acids is 1. The molecule has 0 aromatic heterocycles. The van der Waals surface area contributed by atoms with E-state index in [-0.39, 0.29) is 13.0 Å². The predicted octanol–water partition coefficient (Wildman–Crippen LogP) is 1.50. The SMILES string of the molecule is CN(CCC(=O)O)C(=O)Nc1ccccc1C#N. The van der Waals surface area contributed by atoms with Crippen molar-refractivity contribution in [2.24, 2.45) is 0 Å². The first-order valence-electron chi connectivity index (χ1n) is 5.27. The number of urea groups is 1. The molecule has 1 aromatic rings. The lowest BCUT2D eigenvalue weighted by atomic mass is 10.2. The number of nitrogens with zero attached hydrogens (tertiary/aromatic N) is 2. The van der Waals surface area contributed by atoms with E-state index in [0.717, 1.165) is 0 Å². The number of para-hydroxylation sites is 1. The third kappa shape index (κ3) is 3.79. The summed E-state index contributed by atoms with van der Waals surface area (Å²) in [5.41, 5.74) is 0.768. The minimum atomic E-state index is -0.966. The fourth-order valence-corrected chi connectivity index (χ4v) is 1.27. The molecule has 0 spiro atoms. The van der Waals surface area contributed by atoms with Gasteiger partial charge in [-0.05, 0) is 12.1 Å². The first-order chi connectivity index (χ1) is 8.54. The third-order valence-corrected chi connectivity index (χ3v) is 2.30. The molecule has 0 aliphatic rings. The Morgan fingerprint density at radius 1 is 1.44 bits per heavy atom. The van der Waals surface area contributed by atoms with E-state index in [4.69, 9.17) is 10.4 Å². The van der Waals surface area contributed by atoms with Crippen molar-refractivity contribution in [2.45, 2.75) is 6.42 Å². The highest BCUT2D eigenvalue weighted by Crippen LogP contribution is 2.13. The highest BCUT2D eigenvalue weighted by molar-refractivity contribution is 5.90. The molecule has 1 aromatic carbocycles. The van der Waals surface area contributed by atoms with E-state index < -0.39 is 12.0 Å². The summed E-state index contributed by atoms with van der Waals surface area (Å²) in [5, 5.41) is 19.9. The molecule has 0 aliphatic carbocycles. The zero-order valence-corrected chi connectivity index (χ0v) is 9.88. The molecule has 0 radical (unpaired) electrons. The lowest BCUT2D eigenvalue weighted by Gasteiger charge is -2.17. The number of carbonyl (C=O) groups is 2. The van der Waals surface area contributed by atoms with E-state index in [1.54, 1.807) is 24.3 Å². The number of amides is 2. The van der Waals surface area contributed by atoms with Gasteiger partial charge in [-0.25, -0.2) is 4.79 Å². The van der Waals surface area contributed by atoms with Gasteiger partial charge >= 0.3 is 12.0 Å². The minimum Gasteiger partial charge on any atom is -0.481 e. The highest BCUT2D eigenvalue weighted by atomic mass is 16.4. The van der Waals surface area contributed by atoms with Crippen LogP contribution in [0.5, 0.6) is 0 Å². The van der Waals surface area contributed by atoms with Crippen LogP contribution >= 0.6 is 0 Å². The smallest absolute Gasteiger partial charge is 0.321 e. The molecule has 0 aliphatic heterocycles. The number of carboxylic acids is 1. The standard InChI is InChI=1S/C12H13N3O3/c1-15(7-6-11(16)17)12(18)14-10-5-3-2-4-9(10)8-13/h2-5H,6-7H2,1H3,(H,14,18)(H,16,17). The van der Waals surface area contributed by atoms with Gasteiger partial charge in [0.15, 0.2) is 0 Å². The second-order valence-electron chi connectivity index (χ2n) is 3.65. The summed E-state index contributed by atoms with van der Waals surface area (Å²) in [7, 11) is 1.49. The van der Waals surface area contributed by atoms with Crippen molar-refractivity contribution in [1.82, 2.24) is 4.90 Å². The van der Waals surface area contributed by atoms with Crippen LogP contribution in [0.1, 0.15) is 12.0 Å². The molecule has 6 heteroatoms. The Morgan fingerprint density at radius 3 is 2.72 bits per heavy atom. The Balaban J connectivity index is 2.64. The summed E-state index contributed by atoms with van der Waals surface area (Å²) in [5.74, 6) is -0.966. The van der Waals surface area contributed by atoms with Crippen LogP contribution in [0.15, 0.2) is 24.3 Å². The molecule has 0 bridgehead atoms. The molecule has 18 heavy (non-hydrogen) atoms. The molecule has 2 amide bonds. The molecule has 2 N–H and O–H groups in total. The van der Waals surface area contributed by atoms with Gasteiger partial charge in [0.1, 0.15) is 6.07 Å². The van der Waals surface area contributed by atoms with Crippen molar-refractivity contribution in [1.29, 1.82) is 5.26 Å². The number of benzene rings is 1. The fourth-order valence-electron chi connectivity index (χ4n) is 1.27. The highest BCUT2D eigenvalue weighted by Gasteiger charge is 2.11. The van der Waals surface area contributed by atoms with Crippen molar-refractivity contribution in [2.75, 3.05) is 18.9 Å². The predicted molar refractivity (Wildman–Crippen MR) is 65.1 cm³/mol. The van der Waals surface area contributed by atoms with Crippen LogP contribution in [0.4, 0.5) is 10.5 Å². The van der Waals surface area contributed by atoms with Gasteiger partial charge in [0.2, 0.25) is 0 Å². The van der Waals surface area contributed by atoms with Crippen molar-refractivity contribution < 1.29 is 14.7 Å². The van der Waals surface area contributed by atoms with Crippen LogP contribution in [0, 0.1) is 11.3 Å². The van der Waals surface area contributed by atoms with Gasteiger partial charge in [-0.3, -0.25) is 4.79 Å². The second-order valence-corrected chi connectivity index (χ2v) is 3.65. The number of nitrogens with one attached hydrogen (secondary N) is 1. The second kappa shape index (κ2) is 6.25. The van der Waals surface area contributed by atoms with E-state index in [2.05, 4.69) is 5.32 Å². The Morgan fingerprint density at radius 2 is 2.11 bits per heavy atom. The van der Waals surface area contributed by atoms with E-state index in [0.29, 0.717) is 11.3 Å². The first kappa shape index (κ1) is 13.5. The fraction of sp³-hybridized carbons (Fsp3) is 0.250. The monoisotopic (exact) mass is 247 g/mol. The maximum absolute atomic E-state index is 11.7. The average molecular weight is 247 g/mol.